The number of piperidine rings is 1. The Balaban J connectivity index is 1.99. The van der Waals surface area contributed by atoms with Crippen LogP contribution in [0.4, 0.5) is 17.6 Å². The highest BCUT2D eigenvalue weighted by Crippen LogP contribution is 2.29. The van der Waals surface area contributed by atoms with Gasteiger partial charge in [-0.05, 0) is 44.0 Å². The summed E-state index contributed by atoms with van der Waals surface area (Å²) in [6.45, 7) is 1.16. The lowest BCUT2D eigenvalue weighted by Gasteiger charge is -2.38. The van der Waals surface area contributed by atoms with E-state index in [2.05, 4.69) is 0 Å². The highest BCUT2D eigenvalue weighted by atomic mass is 19.4. The first-order valence-corrected chi connectivity index (χ1v) is 8.51. The summed E-state index contributed by atoms with van der Waals surface area (Å²) in [4.78, 5) is 16.3. The summed E-state index contributed by atoms with van der Waals surface area (Å²) in [5.41, 5.74) is -0.146. The molecule has 0 spiro atoms. The second-order valence-corrected chi connectivity index (χ2v) is 6.56. The fourth-order valence-corrected chi connectivity index (χ4v) is 3.20. The lowest BCUT2D eigenvalue weighted by atomic mass is 10.00. The second kappa shape index (κ2) is 8.65. The molecule has 25 heavy (non-hydrogen) atoms. The molecule has 0 unspecified atom stereocenters. The van der Waals surface area contributed by atoms with Gasteiger partial charge in [-0.1, -0.05) is 12.1 Å². The molecule has 2 rings (SSSR count). The summed E-state index contributed by atoms with van der Waals surface area (Å²) >= 11 is 0. The second-order valence-electron chi connectivity index (χ2n) is 6.56. The van der Waals surface area contributed by atoms with Crippen LogP contribution in [-0.2, 0) is 17.4 Å². The lowest BCUT2D eigenvalue weighted by molar-refractivity contribution is -0.137. The van der Waals surface area contributed by atoms with Gasteiger partial charge in [-0.25, -0.2) is 4.39 Å². The van der Waals surface area contributed by atoms with Crippen molar-refractivity contribution < 1.29 is 22.4 Å². The summed E-state index contributed by atoms with van der Waals surface area (Å²) < 4.78 is 50.3. The zero-order chi connectivity index (χ0) is 18.4. The van der Waals surface area contributed by atoms with E-state index in [1.54, 1.807) is 4.90 Å². The van der Waals surface area contributed by atoms with E-state index in [-0.39, 0.29) is 18.4 Å². The maximum atomic E-state index is 12.6. The van der Waals surface area contributed by atoms with Gasteiger partial charge in [-0.15, -0.1) is 0 Å². The first-order chi connectivity index (χ1) is 11.8. The van der Waals surface area contributed by atoms with Crippen LogP contribution in [0.5, 0.6) is 0 Å². The Kier molecular flexibility index (Phi) is 6.81. The average Bonchev–Trinajstić information content (AvgIpc) is 2.55. The van der Waals surface area contributed by atoms with E-state index in [4.69, 9.17) is 0 Å². The third-order valence-corrected chi connectivity index (χ3v) is 4.57. The van der Waals surface area contributed by atoms with Crippen molar-refractivity contribution in [1.29, 1.82) is 0 Å². The Morgan fingerprint density at radius 3 is 2.52 bits per heavy atom. The zero-order valence-electron chi connectivity index (χ0n) is 14.4. The van der Waals surface area contributed by atoms with Gasteiger partial charge in [-0.2, -0.15) is 13.2 Å². The van der Waals surface area contributed by atoms with Crippen LogP contribution in [0.2, 0.25) is 0 Å². The van der Waals surface area contributed by atoms with Crippen molar-refractivity contribution in [3.63, 3.8) is 0 Å². The van der Waals surface area contributed by atoms with E-state index in [9.17, 15) is 22.4 Å². The molecular weight excluding hydrogens is 336 g/mol. The molecule has 0 aromatic heterocycles. The van der Waals surface area contributed by atoms with Crippen LogP contribution in [0, 0.1) is 0 Å². The summed E-state index contributed by atoms with van der Waals surface area (Å²) in [5.74, 6) is -0.0851. The van der Waals surface area contributed by atoms with Crippen molar-refractivity contribution in [2.24, 2.45) is 0 Å². The Morgan fingerprint density at radius 1 is 1.24 bits per heavy atom. The van der Waals surface area contributed by atoms with Crippen molar-refractivity contribution >= 4 is 5.91 Å². The Bertz CT molecular complexity index is 559. The molecular formula is C18H24F4N2O. The number of benzene rings is 1. The van der Waals surface area contributed by atoms with E-state index in [1.165, 1.54) is 12.1 Å². The third-order valence-electron chi connectivity index (χ3n) is 4.57. The van der Waals surface area contributed by atoms with Crippen molar-refractivity contribution in [3.05, 3.63) is 35.4 Å². The molecule has 1 aromatic carbocycles. The maximum Gasteiger partial charge on any atom is 0.416 e. The summed E-state index contributed by atoms with van der Waals surface area (Å²) in [7, 11) is 1.83. The van der Waals surface area contributed by atoms with Crippen LogP contribution in [0.3, 0.4) is 0 Å². The summed E-state index contributed by atoms with van der Waals surface area (Å²) in [6.07, 6.45) is -1.47. The molecule has 3 nitrogen and oxygen atoms in total. The normalized spacial score (nSPS) is 18.6. The number of carbonyl (C=O) groups excluding carboxylic acids is 1. The van der Waals surface area contributed by atoms with Gasteiger partial charge in [0, 0.05) is 25.7 Å². The predicted molar refractivity (Wildman–Crippen MR) is 88.0 cm³/mol. The van der Waals surface area contributed by atoms with Gasteiger partial charge in [0.25, 0.3) is 0 Å². The Morgan fingerprint density at radius 2 is 1.92 bits per heavy atom. The first kappa shape index (κ1) is 19.7. The fourth-order valence-electron chi connectivity index (χ4n) is 3.20. The standard InChI is InChI=1S/C18H24F4N2O/c1-23(11-9-19)13-16-4-2-3-10-24(16)17(25)12-14-5-7-15(8-6-14)18(20,21)22/h5-8,16H,2-4,9-13H2,1H3/t16-/m1/s1. The number of rotatable bonds is 6. The monoisotopic (exact) mass is 360 g/mol. The fraction of sp³-hybridized carbons (Fsp3) is 0.611. The molecule has 0 radical (unpaired) electrons. The number of alkyl halides is 4. The third kappa shape index (κ3) is 5.70. The highest BCUT2D eigenvalue weighted by Gasteiger charge is 2.30. The SMILES string of the molecule is CN(CCF)C[C@H]1CCCCN1C(=O)Cc1ccc(C(F)(F)F)cc1. The molecule has 1 fully saturated rings. The molecule has 1 aromatic rings. The van der Waals surface area contributed by atoms with E-state index < -0.39 is 18.4 Å². The number of nitrogens with zero attached hydrogens (tertiary/aromatic N) is 2. The minimum absolute atomic E-state index is 0.0345. The van der Waals surface area contributed by atoms with Crippen LogP contribution in [0.15, 0.2) is 24.3 Å². The largest absolute Gasteiger partial charge is 0.416 e. The minimum atomic E-state index is -4.37. The smallest absolute Gasteiger partial charge is 0.338 e. The molecule has 1 aliphatic heterocycles. The number of hydrogen-bond donors (Lipinski definition) is 0. The molecule has 1 amide bonds. The number of carbonyl (C=O) groups is 1. The molecule has 1 aliphatic rings. The number of halogens is 4. The molecule has 0 saturated carbocycles. The van der Waals surface area contributed by atoms with Crippen LogP contribution in [-0.4, -0.2) is 55.1 Å². The number of hydrogen-bond acceptors (Lipinski definition) is 2. The molecule has 1 saturated heterocycles. The van der Waals surface area contributed by atoms with Gasteiger partial charge in [0.15, 0.2) is 0 Å². The van der Waals surface area contributed by atoms with Gasteiger partial charge in [-0.3, -0.25) is 4.79 Å². The van der Waals surface area contributed by atoms with Crippen LogP contribution >= 0.6 is 0 Å². The van der Waals surface area contributed by atoms with E-state index in [1.807, 2.05) is 11.9 Å². The Labute approximate surface area is 145 Å². The predicted octanol–water partition coefficient (Wildman–Crippen LogP) is 3.53. The molecule has 0 bridgehead atoms. The van der Waals surface area contributed by atoms with E-state index in [0.29, 0.717) is 25.2 Å². The van der Waals surface area contributed by atoms with Gasteiger partial charge in [0.1, 0.15) is 6.67 Å². The topological polar surface area (TPSA) is 23.6 Å². The van der Waals surface area contributed by atoms with Gasteiger partial charge >= 0.3 is 6.18 Å². The van der Waals surface area contributed by atoms with Gasteiger partial charge in [0.05, 0.1) is 12.0 Å². The molecule has 1 atom stereocenters. The zero-order valence-corrected chi connectivity index (χ0v) is 14.4. The summed E-state index contributed by atoms with van der Waals surface area (Å²) in [6, 6.07) is 4.76. The molecule has 0 aliphatic carbocycles. The number of likely N-dealkylation sites (N-methyl/N-ethyl adjacent to an activating group) is 1. The van der Waals surface area contributed by atoms with Crippen molar-refractivity contribution in [3.8, 4) is 0 Å². The van der Waals surface area contributed by atoms with E-state index in [0.717, 1.165) is 31.4 Å². The van der Waals surface area contributed by atoms with Crippen molar-refractivity contribution in [2.75, 3.05) is 33.4 Å². The molecule has 7 heteroatoms. The summed E-state index contributed by atoms with van der Waals surface area (Å²) in [5, 5.41) is 0. The van der Waals surface area contributed by atoms with Crippen LogP contribution < -0.4 is 0 Å². The quantitative estimate of drug-likeness (QED) is 0.725. The first-order valence-electron chi connectivity index (χ1n) is 8.51. The van der Waals surface area contributed by atoms with Crippen LogP contribution in [0.25, 0.3) is 0 Å². The Hall–Kier alpha value is -1.63. The highest BCUT2D eigenvalue weighted by molar-refractivity contribution is 5.79. The maximum absolute atomic E-state index is 12.6. The van der Waals surface area contributed by atoms with Crippen molar-refractivity contribution in [2.45, 2.75) is 37.9 Å². The van der Waals surface area contributed by atoms with Crippen LogP contribution in [0.1, 0.15) is 30.4 Å². The number of amides is 1. The molecule has 0 N–H and O–H groups in total. The lowest BCUT2D eigenvalue weighted by Crippen LogP contribution is -2.49. The van der Waals surface area contributed by atoms with Gasteiger partial charge < -0.3 is 9.80 Å². The molecule has 1 heterocycles. The van der Waals surface area contributed by atoms with E-state index >= 15 is 0 Å². The van der Waals surface area contributed by atoms with Crippen molar-refractivity contribution in [1.82, 2.24) is 9.80 Å². The molecule has 140 valence electrons. The minimum Gasteiger partial charge on any atom is -0.338 e. The van der Waals surface area contributed by atoms with Gasteiger partial charge in [0.2, 0.25) is 5.91 Å². The average molecular weight is 360 g/mol. The number of likely N-dealkylation sites (tertiary alicyclic amines) is 1.